The summed E-state index contributed by atoms with van der Waals surface area (Å²) in [7, 11) is 0. The van der Waals surface area contributed by atoms with Gasteiger partial charge in [-0.15, -0.1) is 0 Å². The molecule has 0 aliphatic heterocycles. The summed E-state index contributed by atoms with van der Waals surface area (Å²) in [5.74, 6) is 0.691. The summed E-state index contributed by atoms with van der Waals surface area (Å²) in [6.07, 6.45) is 8.51. The quantitative estimate of drug-likeness (QED) is 0.113. The summed E-state index contributed by atoms with van der Waals surface area (Å²) in [4.78, 5) is 15.7. The highest BCUT2D eigenvalue weighted by Gasteiger charge is 2.17. The van der Waals surface area contributed by atoms with Crippen molar-refractivity contribution in [3.63, 3.8) is 0 Å². The van der Waals surface area contributed by atoms with Gasteiger partial charge < -0.3 is 0 Å². The van der Waals surface area contributed by atoms with Crippen LogP contribution in [0.2, 0.25) is 0 Å². The minimum atomic E-state index is 0.691. The van der Waals surface area contributed by atoms with Gasteiger partial charge in [0.05, 0.1) is 22.6 Å². The topological polar surface area (TPSA) is 38.7 Å². The average molecular weight is 854 g/mol. The molecule has 0 saturated carbocycles. The number of aromatic nitrogens is 3. The van der Waals surface area contributed by atoms with Crippen molar-refractivity contribution in [1.82, 2.24) is 15.0 Å². The zero-order chi connectivity index (χ0) is 44.7. The molecule has 3 nitrogen and oxygen atoms in total. The van der Waals surface area contributed by atoms with Crippen molar-refractivity contribution in [1.29, 1.82) is 0 Å². The minimum absolute atomic E-state index is 0.691. The highest BCUT2D eigenvalue weighted by molar-refractivity contribution is 6.15. The molecule has 0 aliphatic carbocycles. The smallest absolute Gasteiger partial charge is 0.160 e. The van der Waals surface area contributed by atoms with Gasteiger partial charge in [0, 0.05) is 38.4 Å². The molecule has 2 aromatic heterocycles. The van der Waals surface area contributed by atoms with E-state index in [0.29, 0.717) is 5.82 Å². The number of pyridine rings is 1. The molecule has 0 atom stereocenters. The van der Waals surface area contributed by atoms with Gasteiger partial charge in [-0.25, -0.2) is 15.0 Å². The van der Waals surface area contributed by atoms with Gasteiger partial charge in [0.1, 0.15) is 0 Å². The van der Waals surface area contributed by atoms with E-state index in [1.54, 1.807) is 0 Å². The van der Waals surface area contributed by atoms with E-state index in [-0.39, 0.29) is 0 Å². The van der Waals surface area contributed by atoms with Crippen LogP contribution in [-0.4, -0.2) is 15.0 Å². The van der Waals surface area contributed by atoms with E-state index >= 15 is 0 Å². The van der Waals surface area contributed by atoms with Crippen LogP contribution in [0.15, 0.2) is 237 Å². The molecule has 67 heavy (non-hydrogen) atoms. The number of nitrogens with zero attached hydrogens (tertiary/aromatic N) is 3. The van der Waals surface area contributed by atoms with Crippen LogP contribution >= 0.6 is 0 Å². The second-order valence-corrected chi connectivity index (χ2v) is 17.2. The van der Waals surface area contributed by atoms with E-state index in [9.17, 15) is 0 Å². The lowest BCUT2D eigenvalue weighted by atomic mass is 9.91. The molecule has 0 radical (unpaired) electrons. The van der Waals surface area contributed by atoms with Gasteiger partial charge in [-0.05, 0) is 110 Å². The zero-order valence-corrected chi connectivity index (χ0v) is 36.9. The molecule has 3 heteroatoms. The van der Waals surface area contributed by atoms with Crippen LogP contribution in [0.4, 0.5) is 0 Å². The Balaban J connectivity index is 0.921. The predicted molar refractivity (Wildman–Crippen MR) is 284 cm³/mol. The summed E-state index contributed by atoms with van der Waals surface area (Å²) in [5.41, 5.74) is 13.6. The van der Waals surface area contributed by atoms with E-state index in [1.807, 2.05) is 6.92 Å². The first-order valence-corrected chi connectivity index (χ1v) is 22.9. The molecule has 0 unspecified atom stereocenters. The van der Waals surface area contributed by atoms with E-state index < -0.39 is 0 Å². The van der Waals surface area contributed by atoms with Crippen molar-refractivity contribution >= 4 is 60.1 Å². The first kappa shape index (κ1) is 39.8. The standard InChI is InChI=1S/C64H43N3/c1-2-3-4-19-54-39-56(40-58-62(54)57-20-11-12-21-59(57)65-63(58)55-35-30-44-15-7-10-18-51(44)38-55)47-24-22-45(23-25-47)46-26-31-48(32-27-46)64-66-60(52-33-28-42-13-5-8-16-49(42)36-52)41-61(67-64)53-34-29-43-14-6-9-17-50(43)37-53/h2-41H,1H3/b3-2-,19-4-. The number of rotatable bonds is 8. The Morgan fingerprint density at radius 1 is 0.328 bits per heavy atom. The lowest BCUT2D eigenvalue weighted by molar-refractivity contribution is 1.18. The van der Waals surface area contributed by atoms with Gasteiger partial charge in [0.25, 0.3) is 0 Å². The molecule has 0 N–H and O–H groups in total. The summed E-state index contributed by atoms with van der Waals surface area (Å²) in [6.45, 7) is 2.05. The van der Waals surface area contributed by atoms with Gasteiger partial charge in [-0.1, -0.05) is 200 Å². The fourth-order valence-electron chi connectivity index (χ4n) is 9.48. The van der Waals surface area contributed by atoms with Gasteiger partial charge in [-0.2, -0.15) is 0 Å². The highest BCUT2D eigenvalue weighted by Crippen LogP contribution is 2.40. The van der Waals surface area contributed by atoms with Crippen molar-refractivity contribution in [2.24, 2.45) is 0 Å². The molecule has 0 saturated heterocycles. The molecule has 10 aromatic carbocycles. The Morgan fingerprint density at radius 2 is 0.791 bits per heavy atom. The van der Waals surface area contributed by atoms with Gasteiger partial charge in [0.2, 0.25) is 0 Å². The van der Waals surface area contributed by atoms with Gasteiger partial charge >= 0.3 is 0 Å². The third kappa shape index (κ3) is 7.63. The number of hydrogen-bond donors (Lipinski definition) is 0. The average Bonchev–Trinajstić information content (AvgIpc) is 3.40. The zero-order valence-electron chi connectivity index (χ0n) is 36.9. The molecule has 314 valence electrons. The lowest BCUT2D eigenvalue weighted by Gasteiger charge is -2.15. The molecule has 0 spiro atoms. The van der Waals surface area contributed by atoms with Crippen LogP contribution < -0.4 is 0 Å². The normalized spacial score (nSPS) is 11.8. The fourth-order valence-corrected chi connectivity index (χ4v) is 9.48. The maximum absolute atomic E-state index is 5.35. The Morgan fingerprint density at radius 3 is 1.36 bits per heavy atom. The highest BCUT2D eigenvalue weighted by atomic mass is 14.9. The third-order valence-electron chi connectivity index (χ3n) is 12.9. The molecular weight excluding hydrogens is 811 g/mol. The maximum atomic E-state index is 5.35. The van der Waals surface area contributed by atoms with Gasteiger partial charge in [-0.3, -0.25) is 0 Å². The van der Waals surface area contributed by atoms with Crippen molar-refractivity contribution in [3.8, 4) is 67.4 Å². The first-order chi connectivity index (χ1) is 33.1. The fraction of sp³-hybridized carbons (Fsp3) is 0.0156. The van der Waals surface area contributed by atoms with Crippen molar-refractivity contribution in [2.45, 2.75) is 6.92 Å². The van der Waals surface area contributed by atoms with Gasteiger partial charge in [0.15, 0.2) is 5.82 Å². The minimum Gasteiger partial charge on any atom is -0.247 e. The van der Waals surface area contributed by atoms with E-state index in [0.717, 1.165) is 83.4 Å². The second-order valence-electron chi connectivity index (χ2n) is 17.2. The number of para-hydroxylation sites is 1. The monoisotopic (exact) mass is 853 g/mol. The van der Waals surface area contributed by atoms with Crippen LogP contribution in [0.3, 0.4) is 0 Å². The molecule has 0 bridgehead atoms. The summed E-state index contributed by atoms with van der Waals surface area (Å²) in [5, 5.41) is 10.7. The Kier molecular flexibility index (Phi) is 10.1. The van der Waals surface area contributed by atoms with E-state index in [2.05, 4.69) is 243 Å². The summed E-state index contributed by atoms with van der Waals surface area (Å²) >= 11 is 0. The number of allylic oxidation sites excluding steroid dienone is 3. The van der Waals surface area contributed by atoms with E-state index in [1.165, 1.54) is 37.7 Å². The van der Waals surface area contributed by atoms with Crippen LogP contribution in [0.1, 0.15) is 12.5 Å². The lowest BCUT2D eigenvalue weighted by Crippen LogP contribution is -1.96. The first-order valence-electron chi connectivity index (χ1n) is 22.9. The third-order valence-corrected chi connectivity index (χ3v) is 12.9. The molecular formula is C64H43N3. The van der Waals surface area contributed by atoms with Crippen LogP contribution in [0.5, 0.6) is 0 Å². The van der Waals surface area contributed by atoms with Crippen molar-refractivity contribution < 1.29 is 0 Å². The second kappa shape index (κ2) is 17.0. The maximum Gasteiger partial charge on any atom is 0.160 e. The van der Waals surface area contributed by atoms with Crippen LogP contribution in [-0.2, 0) is 0 Å². The molecule has 12 rings (SSSR count). The van der Waals surface area contributed by atoms with Crippen LogP contribution in [0, 0.1) is 0 Å². The molecule has 0 amide bonds. The predicted octanol–water partition coefficient (Wildman–Crippen LogP) is 17.2. The molecule has 2 heterocycles. The number of benzene rings is 10. The van der Waals surface area contributed by atoms with Crippen molar-refractivity contribution in [3.05, 3.63) is 242 Å². The number of hydrogen-bond acceptors (Lipinski definition) is 3. The molecule has 12 aromatic rings. The molecule has 0 fully saturated rings. The largest absolute Gasteiger partial charge is 0.247 e. The Bertz CT molecular complexity index is 3820. The SMILES string of the molecule is C/C=C\C=C/c1cc(-c2ccc(-c3ccc(-c4nc(-c5ccc6ccccc6c5)cc(-c5ccc6ccccc6c5)n4)cc3)cc2)cc2c(-c3ccc4ccccc4c3)nc3ccccc3c12. The molecule has 0 aliphatic rings. The summed E-state index contributed by atoms with van der Waals surface area (Å²) < 4.78 is 0. The summed E-state index contributed by atoms with van der Waals surface area (Å²) in [6, 6.07) is 78.1. The Hall–Kier alpha value is -8.79. The van der Waals surface area contributed by atoms with E-state index in [4.69, 9.17) is 15.0 Å². The Labute approximate surface area is 389 Å². The number of fused-ring (bicyclic) bond motifs is 6. The van der Waals surface area contributed by atoms with Crippen molar-refractivity contribution in [2.75, 3.05) is 0 Å². The van der Waals surface area contributed by atoms with Crippen LogP contribution in [0.25, 0.3) is 127 Å².